The van der Waals surface area contributed by atoms with Crippen molar-refractivity contribution in [2.24, 2.45) is 0 Å². The monoisotopic (exact) mass is 352 g/mol. The summed E-state index contributed by atoms with van der Waals surface area (Å²) in [7, 11) is 0. The summed E-state index contributed by atoms with van der Waals surface area (Å²) in [4.78, 5) is 21.2. The molecule has 0 spiro atoms. The molecule has 7 heteroatoms. The van der Waals surface area contributed by atoms with Gasteiger partial charge in [-0.25, -0.2) is 9.59 Å². The zero-order valence-corrected chi connectivity index (χ0v) is 10.9. The van der Waals surface area contributed by atoms with Gasteiger partial charge in [0, 0.05) is 4.47 Å². The number of aliphatic carboxylic acids is 1. The van der Waals surface area contributed by atoms with Crippen LogP contribution in [-0.4, -0.2) is 28.8 Å². The molecule has 86 valence electrons. The number of carbonyl (C=O) groups is 2. The number of ether oxygens (including phenoxy) is 1. The molecule has 1 aromatic carbocycles. The summed E-state index contributed by atoms with van der Waals surface area (Å²) in [5, 5.41) is 17.4. The molecule has 0 aliphatic rings. The van der Waals surface area contributed by atoms with E-state index in [1.54, 1.807) is 6.07 Å². The minimum Gasteiger partial charge on any atom is -0.480 e. The predicted octanol–water partition coefficient (Wildman–Crippen LogP) is 2.37. The Morgan fingerprint density at radius 1 is 1.25 bits per heavy atom. The molecule has 0 fully saturated rings. The first kappa shape index (κ1) is 13.0. The van der Waals surface area contributed by atoms with Gasteiger partial charge in [0.1, 0.15) is 11.3 Å². The van der Waals surface area contributed by atoms with E-state index in [1.165, 1.54) is 6.07 Å². The third kappa shape index (κ3) is 3.21. The number of carboxylic acids is 2. The minimum absolute atomic E-state index is 0.00176. The molecule has 5 nitrogen and oxygen atoms in total. The maximum Gasteiger partial charge on any atom is 0.341 e. The third-order valence-electron chi connectivity index (χ3n) is 1.58. The Hall–Kier alpha value is -1.08. The van der Waals surface area contributed by atoms with E-state index in [0.29, 0.717) is 8.95 Å². The fraction of sp³-hybridized carbons (Fsp3) is 0.111. The van der Waals surface area contributed by atoms with Crippen molar-refractivity contribution in [3.8, 4) is 5.75 Å². The average Bonchev–Trinajstić information content (AvgIpc) is 2.14. The van der Waals surface area contributed by atoms with E-state index in [0.717, 1.165) is 0 Å². The van der Waals surface area contributed by atoms with Crippen LogP contribution in [-0.2, 0) is 4.79 Å². The molecule has 0 amide bonds. The van der Waals surface area contributed by atoms with Crippen LogP contribution in [0.1, 0.15) is 10.4 Å². The van der Waals surface area contributed by atoms with Crippen LogP contribution < -0.4 is 4.74 Å². The summed E-state index contributed by atoms with van der Waals surface area (Å²) in [5.74, 6) is -2.37. The number of aromatic carboxylic acids is 1. The zero-order valence-electron chi connectivity index (χ0n) is 7.74. The first-order valence-electron chi connectivity index (χ1n) is 3.98. The smallest absolute Gasteiger partial charge is 0.341 e. The van der Waals surface area contributed by atoms with Crippen molar-refractivity contribution in [1.82, 2.24) is 0 Å². The van der Waals surface area contributed by atoms with E-state index in [2.05, 4.69) is 31.9 Å². The van der Waals surface area contributed by atoms with Gasteiger partial charge in [0.25, 0.3) is 0 Å². The van der Waals surface area contributed by atoms with Crippen molar-refractivity contribution in [1.29, 1.82) is 0 Å². The molecule has 0 atom stereocenters. The van der Waals surface area contributed by atoms with Gasteiger partial charge in [-0.15, -0.1) is 0 Å². The van der Waals surface area contributed by atoms with Gasteiger partial charge in [-0.05, 0) is 28.1 Å². The average molecular weight is 354 g/mol. The Morgan fingerprint density at radius 3 is 2.38 bits per heavy atom. The molecule has 0 radical (unpaired) electrons. The molecule has 0 saturated heterocycles. The Kier molecular flexibility index (Phi) is 4.31. The molecule has 1 rings (SSSR count). The quantitative estimate of drug-likeness (QED) is 0.868. The van der Waals surface area contributed by atoms with Crippen LogP contribution in [0.25, 0.3) is 0 Å². The second-order valence-corrected chi connectivity index (χ2v) is 4.52. The molecule has 0 heterocycles. The summed E-state index contributed by atoms with van der Waals surface area (Å²) in [6.45, 7) is -0.597. The van der Waals surface area contributed by atoms with E-state index in [1.807, 2.05) is 0 Å². The lowest BCUT2D eigenvalue weighted by atomic mass is 10.2. The fourth-order valence-electron chi connectivity index (χ4n) is 1.000. The van der Waals surface area contributed by atoms with Crippen LogP contribution >= 0.6 is 31.9 Å². The summed E-state index contributed by atoms with van der Waals surface area (Å²) in [6, 6.07) is 2.91. The highest BCUT2D eigenvalue weighted by Gasteiger charge is 2.16. The van der Waals surface area contributed by atoms with E-state index in [-0.39, 0.29) is 11.3 Å². The molecule has 0 unspecified atom stereocenters. The van der Waals surface area contributed by atoms with Gasteiger partial charge in [0.05, 0.1) is 4.47 Å². The highest BCUT2D eigenvalue weighted by Crippen LogP contribution is 2.32. The van der Waals surface area contributed by atoms with Crippen molar-refractivity contribution in [3.05, 3.63) is 26.6 Å². The summed E-state index contributed by atoms with van der Waals surface area (Å²) in [5.41, 5.74) is -0.109. The molecule has 0 aliphatic heterocycles. The van der Waals surface area contributed by atoms with Crippen molar-refractivity contribution in [2.75, 3.05) is 6.61 Å². The Morgan fingerprint density at radius 2 is 1.88 bits per heavy atom. The van der Waals surface area contributed by atoms with Gasteiger partial charge >= 0.3 is 11.9 Å². The van der Waals surface area contributed by atoms with E-state index < -0.39 is 18.5 Å². The Balaban J connectivity index is 3.14. The normalized spacial score (nSPS) is 9.88. The summed E-state index contributed by atoms with van der Waals surface area (Å²) in [6.07, 6.45) is 0. The van der Waals surface area contributed by atoms with Crippen molar-refractivity contribution in [2.45, 2.75) is 0 Å². The molecule has 2 N–H and O–H groups in total. The topological polar surface area (TPSA) is 83.8 Å². The lowest BCUT2D eigenvalue weighted by Crippen LogP contribution is -2.12. The molecule has 1 aromatic rings. The molecule has 0 aliphatic carbocycles. The standard InChI is InChI=1S/C9H6Br2O5/c10-4-1-5(9(14)15)8(6(11)2-4)16-3-7(12)13/h1-2H,3H2,(H,12,13)(H,14,15). The van der Waals surface area contributed by atoms with Crippen LogP contribution in [0.4, 0.5) is 0 Å². The Bertz CT molecular complexity index is 444. The van der Waals surface area contributed by atoms with Gasteiger partial charge in [-0.1, -0.05) is 15.9 Å². The second kappa shape index (κ2) is 5.31. The van der Waals surface area contributed by atoms with Crippen LogP contribution in [0.2, 0.25) is 0 Å². The van der Waals surface area contributed by atoms with Crippen molar-refractivity contribution >= 4 is 43.8 Å². The second-order valence-electron chi connectivity index (χ2n) is 2.75. The lowest BCUT2D eigenvalue weighted by Gasteiger charge is -2.09. The number of hydrogen-bond acceptors (Lipinski definition) is 3. The SMILES string of the molecule is O=C(O)COc1c(Br)cc(Br)cc1C(=O)O. The molecule has 0 aromatic heterocycles. The Labute approximate surface area is 107 Å². The number of benzene rings is 1. The van der Waals surface area contributed by atoms with Crippen LogP contribution in [0.15, 0.2) is 21.1 Å². The number of rotatable bonds is 4. The van der Waals surface area contributed by atoms with Gasteiger partial charge < -0.3 is 14.9 Å². The van der Waals surface area contributed by atoms with E-state index >= 15 is 0 Å². The fourth-order valence-corrected chi connectivity index (χ4v) is 2.34. The van der Waals surface area contributed by atoms with Gasteiger partial charge in [0.2, 0.25) is 0 Å². The van der Waals surface area contributed by atoms with Crippen LogP contribution in [0.3, 0.4) is 0 Å². The van der Waals surface area contributed by atoms with Gasteiger partial charge in [0.15, 0.2) is 6.61 Å². The molecular weight excluding hydrogens is 348 g/mol. The molecule has 0 bridgehead atoms. The van der Waals surface area contributed by atoms with Crippen molar-refractivity contribution < 1.29 is 24.5 Å². The van der Waals surface area contributed by atoms with Gasteiger partial charge in [-0.3, -0.25) is 0 Å². The lowest BCUT2D eigenvalue weighted by molar-refractivity contribution is -0.139. The molecular formula is C9H6Br2O5. The maximum absolute atomic E-state index is 10.9. The van der Waals surface area contributed by atoms with Crippen LogP contribution in [0.5, 0.6) is 5.75 Å². The third-order valence-corrected chi connectivity index (χ3v) is 2.63. The summed E-state index contributed by atoms with van der Waals surface area (Å²) >= 11 is 6.24. The number of carboxylic acid groups (broad SMARTS) is 2. The predicted molar refractivity (Wildman–Crippen MR) is 61.9 cm³/mol. The maximum atomic E-state index is 10.9. The molecule has 0 saturated carbocycles. The number of halogens is 2. The summed E-state index contributed by atoms with van der Waals surface area (Å²) < 4.78 is 5.83. The largest absolute Gasteiger partial charge is 0.480 e. The van der Waals surface area contributed by atoms with E-state index in [9.17, 15) is 9.59 Å². The van der Waals surface area contributed by atoms with E-state index in [4.69, 9.17) is 14.9 Å². The first-order chi connectivity index (χ1) is 7.41. The minimum atomic E-state index is -1.19. The highest BCUT2D eigenvalue weighted by atomic mass is 79.9. The highest BCUT2D eigenvalue weighted by molar-refractivity contribution is 9.11. The molecule has 16 heavy (non-hydrogen) atoms. The van der Waals surface area contributed by atoms with Crippen molar-refractivity contribution in [3.63, 3.8) is 0 Å². The van der Waals surface area contributed by atoms with Gasteiger partial charge in [-0.2, -0.15) is 0 Å². The number of hydrogen-bond donors (Lipinski definition) is 2. The zero-order chi connectivity index (χ0) is 12.3. The first-order valence-corrected chi connectivity index (χ1v) is 5.57. The van der Waals surface area contributed by atoms with Crippen LogP contribution in [0, 0.1) is 0 Å².